The highest BCUT2D eigenvalue weighted by atomic mass is 15.3. The zero-order valence-corrected chi connectivity index (χ0v) is 12.5. The fourth-order valence-electron chi connectivity index (χ4n) is 2.90. The minimum Gasteiger partial charge on any atom is -0.316 e. The van der Waals surface area contributed by atoms with Gasteiger partial charge in [0.15, 0.2) is 0 Å². The van der Waals surface area contributed by atoms with E-state index in [0.29, 0.717) is 5.41 Å². The van der Waals surface area contributed by atoms with E-state index in [4.69, 9.17) is 0 Å². The molecule has 0 unspecified atom stereocenters. The first-order valence-corrected chi connectivity index (χ1v) is 7.52. The fraction of sp³-hybridized carbons (Fsp3) is 0.857. The van der Waals surface area contributed by atoms with Crippen molar-refractivity contribution in [3.05, 3.63) is 12.2 Å². The minimum atomic E-state index is 0.387. The first-order valence-electron chi connectivity index (χ1n) is 7.52. The molecular weight excluding hydrogens is 238 g/mol. The largest absolute Gasteiger partial charge is 0.316 e. The summed E-state index contributed by atoms with van der Waals surface area (Å²) in [6.07, 6.45) is 4.29. The third kappa shape index (κ3) is 3.34. The average molecular weight is 265 g/mol. The summed E-state index contributed by atoms with van der Waals surface area (Å²) in [4.78, 5) is 2.54. The van der Waals surface area contributed by atoms with Crippen LogP contribution in [0.15, 0.2) is 6.33 Å². The Morgan fingerprint density at radius 3 is 2.74 bits per heavy atom. The molecule has 19 heavy (non-hydrogen) atoms. The number of nitrogens with one attached hydrogen (secondary N) is 1. The van der Waals surface area contributed by atoms with E-state index in [0.717, 1.165) is 45.1 Å². The maximum atomic E-state index is 4.21. The Labute approximate surface area is 116 Å². The number of rotatable bonds is 7. The van der Waals surface area contributed by atoms with Gasteiger partial charge in [-0.05, 0) is 24.8 Å². The van der Waals surface area contributed by atoms with Gasteiger partial charge in [0.1, 0.15) is 12.2 Å². The summed E-state index contributed by atoms with van der Waals surface area (Å²) in [6.45, 7) is 13.2. The van der Waals surface area contributed by atoms with Gasteiger partial charge in [0.2, 0.25) is 0 Å². The summed E-state index contributed by atoms with van der Waals surface area (Å²) in [6, 6.07) is 0. The van der Waals surface area contributed by atoms with Crippen LogP contribution in [0.25, 0.3) is 0 Å². The van der Waals surface area contributed by atoms with Crippen LogP contribution < -0.4 is 5.32 Å². The maximum Gasteiger partial charge on any atom is 0.147 e. The van der Waals surface area contributed by atoms with Gasteiger partial charge in [0, 0.05) is 26.2 Å². The monoisotopic (exact) mass is 265 g/mol. The van der Waals surface area contributed by atoms with Crippen LogP contribution in [-0.4, -0.2) is 45.8 Å². The molecule has 0 saturated heterocycles. The van der Waals surface area contributed by atoms with Gasteiger partial charge < -0.3 is 9.88 Å². The number of fused-ring (bicyclic) bond motifs is 1. The van der Waals surface area contributed by atoms with Gasteiger partial charge in [-0.3, -0.25) is 4.90 Å². The van der Waals surface area contributed by atoms with Gasteiger partial charge in [-0.1, -0.05) is 20.8 Å². The molecular formula is C14H27N5. The first-order chi connectivity index (χ1) is 9.23. The van der Waals surface area contributed by atoms with Crippen LogP contribution in [0.2, 0.25) is 0 Å². The molecule has 5 nitrogen and oxygen atoms in total. The van der Waals surface area contributed by atoms with Gasteiger partial charge in [-0.25, -0.2) is 0 Å². The summed E-state index contributed by atoms with van der Waals surface area (Å²) in [7, 11) is 0. The van der Waals surface area contributed by atoms with Gasteiger partial charge >= 0.3 is 0 Å². The normalized spacial score (nSPS) is 16.6. The second-order valence-electron chi connectivity index (χ2n) is 5.64. The van der Waals surface area contributed by atoms with Crippen molar-refractivity contribution >= 4 is 0 Å². The highest BCUT2D eigenvalue weighted by Crippen LogP contribution is 2.28. The van der Waals surface area contributed by atoms with Gasteiger partial charge in [0.25, 0.3) is 0 Å². The lowest BCUT2D eigenvalue weighted by atomic mass is 9.81. The van der Waals surface area contributed by atoms with E-state index in [1.807, 2.05) is 6.33 Å². The number of hydrogen-bond acceptors (Lipinski definition) is 4. The molecule has 0 aliphatic carbocycles. The van der Waals surface area contributed by atoms with E-state index in [2.05, 4.69) is 45.8 Å². The van der Waals surface area contributed by atoms with E-state index < -0.39 is 0 Å². The topological polar surface area (TPSA) is 46.0 Å². The predicted molar refractivity (Wildman–Crippen MR) is 76.9 cm³/mol. The third-order valence-corrected chi connectivity index (χ3v) is 4.53. The lowest BCUT2D eigenvalue weighted by Gasteiger charge is -2.39. The van der Waals surface area contributed by atoms with Crippen molar-refractivity contribution in [1.29, 1.82) is 0 Å². The third-order valence-electron chi connectivity index (χ3n) is 4.53. The van der Waals surface area contributed by atoms with E-state index in [9.17, 15) is 0 Å². The molecule has 0 amide bonds. The lowest BCUT2D eigenvalue weighted by Crippen LogP contribution is -2.46. The molecule has 0 bridgehead atoms. The van der Waals surface area contributed by atoms with Crippen molar-refractivity contribution in [3.8, 4) is 0 Å². The Morgan fingerprint density at radius 2 is 2.05 bits per heavy atom. The van der Waals surface area contributed by atoms with Crippen molar-refractivity contribution in [3.63, 3.8) is 0 Å². The number of nitrogens with zero attached hydrogens (tertiary/aromatic N) is 4. The second kappa shape index (κ2) is 6.48. The predicted octanol–water partition coefficient (Wildman–Crippen LogP) is 1.51. The van der Waals surface area contributed by atoms with Gasteiger partial charge in [-0.15, -0.1) is 10.2 Å². The molecule has 0 atom stereocenters. The summed E-state index contributed by atoms with van der Waals surface area (Å²) >= 11 is 0. The molecule has 1 aromatic rings. The Balaban J connectivity index is 1.98. The molecule has 1 N–H and O–H groups in total. The molecule has 5 heteroatoms. The standard InChI is InChI=1S/C14H27N5/c1-4-14(5-2,10-15-6-3)11-18-7-8-19-12-16-17-13(19)9-18/h12,15H,4-11H2,1-3H3. The van der Waals surface area contributed by atoms with Crippen molar-refractivity contribution in [2.45, 2.75) is 46.7 Å². The summed E-state index contributed by atoms with van der Waals surface area (Å²) < 4.78 is 2.17. The Morgan fingerprint density at radius 1 is 1.26 bits per heavy atom. The molecule has 0 saturated carbocycles. The highest BCUT2D eigenvalue weighted by Gasteiger charge is 2.30. The zero-order chi connectivity index (χ0) is 13.7. The number of aromatic nitrogens is 3. The molecule has 0 spiro atoms. The summed E-state index contributed by atoms with van der Waals surface area (Å²) in [5.41, 5.74) is 0.387. The summed E-state index contributed by atoms with van der Waals surface area (Å²) in [5, 5.41) is 11.7. The van der Waals surface area contributed by atoms with Crippen molar-refractivity contribution in [1.82, 2.24) is 25.0 Å². The fourth-order valence-corrected chi connectivity index (χ4v) is 2.90. The first kappa shape index (κ1) is 14.5. The van der Waals surface area contributed by atoms with Crippen LogP contribution in [0.3, 0.4) is 0 Å². The van der Waals surface area contributed by atoms with E-state index in [1.165, 1.54) is 12.8 Å². The molecule has 108 valence electrons. The van der Waals surface area contributed by atoms with Crippen LogP contribution in [0, 0.1) is 5.41 Å². The summed E-state index contributed by atoms with van der Waals surface area (Å²) in [5.74, 6) is 1.11. The van der Waals surface area contributed by atoms with Gasteiger partial charge in [0.05, 0.1) is 6.54 Å². The van der Waals surface area contributed by atoms with Crippen LogP contribution >= 0.6 is 0 Å². The Hall–Kier alpha value is -0.940. The average Bonchev–Trinajstić information content (AvgIpc) is 2.91. The molecule has 0 fully saturated rings. The molecule has 1 aliphatic heterocycles. The van der Waals surface area contributed by atoms with Crippen molar-refractivity contribution in [2.24, 2.45) is 5.41 Å². The quantitative estimate of drug-likeness (QED) is 0.812. The van der Waals surface area contributed by atoms with E-state index in [-0.39, 0.29) is 0 Å². The van der Waals surface area contributed by atoms with Crippen molar-refractivity contribution < 1.29 is 0 Å². The van der Waals surface area contributed by atoms with Crippen LogP contribution in [-0.2, 0) is 13.1 Å². The number of hydrogen-bond donors (Lipinski definition) is 1. The molecule has 0 radical (unpaired) electrons. The maximum absolute atomic E-state index is 4.21. The Bertz CT molecular complexity index is 383. The van der Waals surface area contributed by atoms with Gasteiger partial charge in [-0.2, -0.15) is 0 Å². The molecule has 2 heterocycles. The van der Waals surface area contributed by atoms with E-state index >= 15 is 0 Å². The van der Waals surface area contributed by atoms with Crippen LogP contribution in [0.1, 0.15) is 39.4 Å². The van der Waals surface area contributed by atoms with Crippen LogP contribution in [0.5, 0.6) is 0 Å². The lowest BCUT2D eigenvalue weighted by molar-refractivity contribution is 0.111. The molecule has 1 aromatic heterocycles. The second-order valence-corrected chi connectivity index (χ2v) is 5.64. The molecule has 1 aliphatic rings. The van der Waals surface area contributed by atoms with E-state index in [1.54, 1.807) is 0 Å². The van der Waals surface area contributed by atoms with Crippen LogP contribution in [0.4, 0.5) is 0 Å². The Kier molecular flexibility index (Phi) is 4.93. The highest BCUT2D eigenvalue weighted by molar-refractivity contribution is 4.92. The van der Waals surface area contributed by atoms with Crippen molar-refractivity contribution in [2.75, 3.05) is 26.2 Å². The SMILES string of the molecule is CCNCC(CC)(CC)CN1CCn2cnnc2C1. The molecule has 0 aromatic carbocycles. The molecule has 2 rings (SSSR count). The smallest absolute Gasteiger partial charge is 0.147 e. The zero-order valence-electron chi connectivity index (χ0n) is 12.5. The minimum absolute atomic E-state index is 0.387.